The van der Waals surface area contributed by atoms with Crippen molar-refractivity contribution >= 4 is 34.0 Å². The Kier molecular flexibility index (Phi) is 5.84. The molecule has 0 aliphatic carbocycles. The number of anilines is 1. The van der Waals surface area contributed by atoms with Gasteiger partial charge < -0.3 is 14.7 Å². The summed E-state index contributed by atoms with van der Waals surface area (Å²) < 4.78 is 4.64. The highest BCUT2D eigenvalue weighted by Gasteiger charge is 2.21. The Bertz CT molecular complexity index is 409. The van der Waals surface area contributed by atoms with E-state index in [2.05, 4.69) is 9.72 Å². The Balaban J connectivity index is 2.95. The Hall–Kier alpha value is -0.850. The predicted octanol–water partition coefficient (Wildman–Crippen LogP) is 2.18. The molecule has 1 aromatic heterocycles. The first-order valence-corrected chi connectivity index (χ1v) is 6.82. The van der Waals surface area contributed by atoms with Crippen molar-refractivity contribution in [2.45, 2.75) is 26.3 Å². The van der Waals surface area contributed by atoms with E-state index in [4.69, 9.17) is 16.7 Å². The second kappa shape index (κ2) is 6.92. The molecule has 18 heavy (non-hydrogen) atoms. The molecule has 7 heteroatoms. The van der Waals surface area contributed by atoms with Gasteiger partial charge in [-0.05, 0) is 20.3 Å². The first-order chi connectivity index (χ1) is 8.51. The molecule has 0 amide bonds. The number of nitrogens with zero attached hydrogens (tertiary/aromatic N) is 2. The zero-order chi connectivity index (χ0) is 13.7. The molecule has 1 aromatic rings. The van der Waals surface area contributed by atoms with Crippen LogP contribution in [0.1, 0.15) is 29.9 Å². The summed E-state index contributed by atoms with van der Waals surface area (Å²) in [5.41, 5.74) is 0. The fourth-order valence-corrected chi connectivity index (χ4v) is 2.81. The summed E-state index contributed by atoms with van der Waals surface area (Å²) in [5.74, 6) is -0.477. The van der Waals surface area contributed by atoms with E-state index in [0.717, 1.165) is 0 Å². The molecule has 102 valence electrons. The van der Waals surface area contributed by atoms with Gasteiger partial charge in [-0.25, -0.2) is 9.78 Å². The molecule has 5 nitrogen and oxygen atoms in total. The van der Waals surface area contributed by atoms with Crippen LogP contribution in [-0.4, -0.2) is 42.4 Å². The lowest BCUT2D eigenvalue weighted by atomic mass is 10.3. The number of hydrogen-bond acceptors (Lipinski definition) is 6. The van der Waals surface area contributed by atoms with Crippen molar-refractivity contribution in [3.63, 3.8) is 0 Å². The molecular weight excluding hydrogens is 276 g/mol. The largest absolute Gasteiger partial charge is 0.465 e. The van der Waals surface area contributed by atoms with Gasteiger partial charge in [-0.15, -0.1) is 0 Å². The summed E-state index contributed by atoms with van der Waals surface area (Å²) in [4.78, 5) is 17.9. The molecule has 0 unspecified atom stereocenters. The van der Waals surface area contributed by atoms with E-state index >= 15 is 0 Å². The van der Waals surface area contributed by atoms with Crippen LogP contribution in [0.3, 0.4) is 0 Å². The first kappa shape index (κ1) is 15.2. The number of halogens is 1. The average Bonchev–Trinajstić information content (AvgIpc) is 2.70. The van der Waals surface area contributed by atoms with Gasteiger partial charge in [0.1, 0.15) is 0 Å². The topological polar surface area (TPSA) is 62.7 Å². The van der Waals surface area contributed by atoms with Crippen LogP contribution in [0.5, 0.6) is 0 Å². The summed E-state index contributed by atoms with van der Waals surface area (Å²) in [5, 5.41) is 9.72. The lowest BCUT2D eigenvalue weighted by Crippen LogP contribution is -2.32. The quantitative estimate of drug-likeness (QED) is 0.814. The minimum absolute atomic E-state index is 0.117. The van der Waals surface area contributed by atoms with E-state index in [1.807, 2.05) is 18.7 Å². The fourth-order valence-electron chi connectivity index (χ4n) is 1.45. The first-order valence-electron chi connectivity index (χ1n) is 5.63. The summed E-state index contributed by atoms with van der Waals surface area (Å²) in [6.45, 7) is 4.82. The lowest BCUT2D eigenvalue weighted by molar-refractivity contribution is 0.0606. The van der Waals surface area contributed by atoms with Gasteiger partial charge in [0.2, 0.25) is 0 Å². The molecule has 0 bridgehead atoms. The van der Waals surface area contributed by atoms with Crippen LogP contribution >= 0.6 is 22.9 Å². The number of aliphatic hydroxyl groups is 1. The zero-order valence-electron chi connectivity index (χ0n) is 10.6. The van der Waals surface area contributed by atoms with Crippen LogP contribution in [0.2, 0.25) is 5.15 Å². The van der Waals surface area contributed by atoms with Crippen LogP contribution in [0.4, 0.5) is 5.13 Å². The number of carbonyl (C=O) groups is 1. The molecule has 0 spiro atoms. The second-order valence-corrected chi connectivity index (χ2v) is 5.31. The molecule has 1 rings (SSSR count). The molecule has 0 saturated heterocycles. The van der Waals surface area contributed by atoms with E-state index in [1.165, 1.54) is 18.4 Å². The van der Waals surface area contributed by atoms with Gasteiger partial charge in [-0.2, -0.15) is 0 Å². The van der Waals surface area contributed by atoms with Crippen molar-refractivity contribution < 1.29 is 14.6 Å². The summed E-state index contributed by atoms with van der Waals surface area (Å²) in [7, 11) is 1.31. The number of hydrogen-bond donors (Lipinski definition) is 1. The van der Waals surface area contributed by atoms with Crippen LogP contribution in [0, 0.1) is 0 Å². The molecule has 1 N–H and O–H groups in total. The van der Waals surface area contributed by atoms with Gasteiger partial charge in [0.15, 0.2) is 15.2 Å². The third-order valence-corrected chi connectivity index (χ3v) is 3.83. The van der Waals surface area contributed by atoms with Crippen LogP contribution in [-0.2, 0) is 4.74 Å². The number of esters is 1. The highest BCUT2D eigenvalue weighted by atomic mass is 35.5. The highest BCUT2D eigenvalue weighted by Crippen LogP contribution is 2.31. The van der Waals surface area contributed by atoms with Crippen LogP contribution in [0.15, 0.2) is 0 Å². The minimum Gasteiger partial charge on any atom is -0.465 e. The maximum atomic E-state index is 11.5. The Morgan fingerprint density at radius 3 is 2.78 bits per heavy atom. The average molecular weight is 293 g/mol. The summed E-state index contributed by atoms with van der Waals surface area (Å²) in [6, 6.07) is 0.212. The minimum atomic E-state index is -0.477. The van der Waals surface area contributed by atoms with Crippen LogP contribution < -0.4 is 4.90 Å². The number of aliphatic hydroxyl groups excluding tert-OH is 1. The van der Waals surface area contributed by atoms with Crippen molar-refractivity contribution in [1.82, 2.24) is 4.98 Å². The standard InChI is InChI=1S/C11H17ClN2O3S/c1-7(2)14(5-4-6-15)11-13-9(12)8(18-11)10(16)17-3/h7,15H,4-6H2,1-3H3. The molecule has 0 saturated carbocycles. The van der Waals surface area contributed by atoms with E-state index in [0.29, 0.717) is 23.0 Å². The van der Waals surface area contributed by atoms with Crippen LogP contribution in [0.25, 0.3) is 0 Å². The molecule has 0 aromatic carbocycles. The number of thiazole rings is 1. The zero-order valence-corrected chi connectivity index (χ0v) is 12.2. The van der Waals surface area contributed by atoms with Gasteiger partial charge in [0, 0.05) is 19.2 Å². The Labute approximate surface area is 115 Å². The van der Waals surface area contributed by atoms with Crippen molar-refractivity contribution in [1.29, 1.82) is 0 Å². The molecule has 0 aliphatic heterocycles. The van der Waals surface area contributed by atoms with Gasteiger partial charge in [-0.1, -0.05) is 22.9 Å². The lowest BCUT2D eigenvalue weighted by Gasteiger charge is -2.25. The number of carbonyl (C=O) groups excluding carboxylic acids is 1. The molecule has 1 heterocycles. The monoisotopic (exact) mass is 292 g/mol. The Morgan fingerprint density at radius 2 is 2.28 bits per heavy atom. The van der Waals surface area contributed by atoms with Gasteiger partial charge in [0.05, 0.1) is 7.11 Å². The van der Waals surface area contributed by atoms with E-state index in [1.54, 1.807) is 0 Å². The number of ether oxygens (including phenoxy) is 1. The van der Waals surface area contributed by atoms with Crippen molar-refractivity contribution in [2.75, 3.05) is 25.2 Å². The molecular formula is C11H17ClN2O3S. The summed E-state index contributed by atoms with van der Waals surface area (Å²) >= 11 is 7.13. The van der Waals surface area contributed by atoms with E-state index in [9.17, 15) is 4.79 Å². The number of methoxy groups -OCH3 is 1. The molecule has 0 fully saturated rings. The highest BCUT2D eigenvalue weighted by molar-refractivity contribution is 7.18. The third-order valence-electron chi connectivity index (χ3n) is 2.37. The fraction of sp³-hybridized carbons (Fsp3) is 0.636. The van der Waals surface area contributed by atoms with Crippen molar-refractivity contribution in [3.05, 3.63) is 10.0 Å². The Morgan fingerprint density at radius 1 is 1.61 bits per heavy atom. The maximum Gasteiger partial charge on any atom is 0.351 e. The normalized spacial score (nSPS) is 10.8. The van der Waals surface area contributed by atoms with Crippen molar-refractivity contribution in [3.8, 4) is 0 Å². The predicted molar refractivity (Wildman–Crippen MR) is 72.6 cm³/mol. The molecule has 0 aliphatic rings. The van der Waals surface area contributed by atoms with E-state index in [-0.39, 0.29) is 17.8 Å². The maximum absolute atomic E-state index is 11.5. The second-order valence-electron chi connectivity index (χ2n) is 3.97. The van der Waals surface area contributed by atoms with Gasteiger partial charge in [-0.3, -0.25) is 0 Å². The summed E-state index contributed by atoms with van der Waals surface area (Å²) in [6.07, 6.45) is 0.642. The number of rotatable bonds is 6. The third kappa shape index (κ3) is 3.57. The van der Waals surface area contributed by atoms with Crippen molar-refractivity contribution in [2.24, 2.45) is 0 Å². The van der Waals surface area contributed by atoms with Gasteiger partial charge in [0.25, 0.3) is 0 Å². The number of aromatic nitrogens is 1. The molecule has 0 radical (unpaired) electrons. The van der Waals surface area contributed by atoms with Gasteiger partial charge >= 0.3 is 5.97 Å². The smallest absolute Gasteiger partial charge is 0.351 e. The SMILES string of the molecule is COC(=O)c1sc(N(CCCO)C(C)C)nc1Cl. The van der Waals surface area contributed by atoms with E-state index < -0.39 is 5.97 Å². The molecule has 0 atom stereocenters.